The lowest BCUT2D eigenvalue weighted by molar-refractivity contribution is -0.125. The molecule has 5 nitrogen and oxygen atoms in total. The molecule has 0 saturated carbocycles. The first-order chi connectivity index (χ1) is 12.2. The summed E-state index contributed by atoms with van der Waals surface area (Å²) >= 11 is 0. The third-order valence-corrected chi connectivity index (χ3v) is 4.51. The smallest absolute Gasteiger partial charge is 0.226 e. The average Bonchev–Trinajstić information content (AvgIpc) is 3.13. The van der Waals surface area contributed by atoms with Crippen molar-refractivity contribution in [2.75, 3.05) is 13.2 Å². The molecule has 1 aliphatic heterocycles. The zero-order valence-corrected chi connectivity index (χ0v) is 14.7. The first kappa shape index (κ1) is 17.5. The van der Waals surface area contributed by atoms with Crippen molar-refractivity contribution in [3.8, 4) is 5.75 Å². The predicted molar refractivity (Wildman–Crippen MR) is 98.0 cm³/mol. The maximum Gasteiger partial charge on any atom is 0.226 e. The van der Waals surface area contributed by atoms with Crippen LogP contribution < -0.4 is 20.9 Å². The fraction of sp³-hybridized carbons (Fsp3) is 0.350. The van der Waals surface area contributed by atoms with Gasteiger partial charge in [0.25, 0.3) is 0 Å². The fourth-order valence-electron chi connectivity index (χ4n) is 3.16. The zero-order valence-electron chi connectivity index (χ0n) is 14.7. The Bertz CT molecular complexity index is 705. The molecule has 5 heteroatoms. The molecule has 0 radical (unpaired) electrons. The van der Waals surface area contributed by atoms with Crippen molar-refractivity contribution in [2.45, 2.75) is 25.9 Å². The van der Waals surface area contributed by atoms with Gasteiger partial charge in [0.15, 0.2) is 0 Å². The van der Waals surface area contributed by atoms with E-state index in [1.807, 2.05) is 68.4 Å². The highest BCUT2D eigenvalue weighted by atomic mass is 16.5. The number of rotatable bonds is 6. The van der Waals surface area contributed by atoms with E-state index in [0.717, 1.165) is 16.9 Å². The number of nitrogens with one attached hydrogen (secondary N) is 3. The monoisotopic (exact) mass is 339 g/mol. The first-order valence-corrected chi connectivity index (χ1v) is 8.75. The average molecular weight is 339 g/mol. The summed E-state index contributed by atoms with van der Waals surface area (Å²) in [6.07, 6.45) is 0. The van der Waals surface area contributed by atoms with Gasteiger partial charge in [-0.05, 0) is 37.1 Å². The van der Waals surface area contributed by atoms with Gasteiger partial charge in [-0.3, -0.25) is 10.2 Å². The summed E-state index contributed by atoms with van der Waals surface area (Å²) in [6, 6.07) is 17.8. The highest BCUT2D eigenvalue weighted by Crippen LogP contribution is 2.26. The van der Waals surface area contributed by atoms with E-state index in [2.05, 4.69) is 16.2 Å². The molecule has 0 spiro atoms. The number of hydrogen-bond acceptors (Lipinski definition) is 4. The van der Waals surface area contributed by atoms with Crippen LogP contribution in [0.1, 0.15) is 37.1 Å². The summed E-state index contributed by atoms with van der Waals surface area (Å²) in [6.45, 7) is 5.19. The number of carbonyl (C=O) groups is 1. The number of hydrazine groups is 1. The second-order valence-corrected chi connectivity index (χ2v) is 6.26. The van der Waals surface area contributed by atoms with E-state index in [0.29, 0.717) is 13.2 Å². The van der Waals surface area contributed by atoms with E-state index in [9.17, 15) is 4.79 Å². The lowest BCUT2D eigenvalue weighted by Gasteiger charge is -2.21. The van der Waals surface area contributed by atoms with Crippen LogP contribution >= 0.6 is 0 Å². The van der Waals surface area contributed by atoms with Gasteiger partial charge in [0.05, 0.1) is 24.6 Å². The van der Waals surface area contributed by atoms with E-state index < -0.39 is 0 Å². The molecule has 1 saturated heterocycles. The Hall–Kier alpha value is -2.37. The van der Waals surface area contributed by atoms with Gasteiger partial charge in [-0.1, -0.05) is 42.5 Å². The van der Waals surface area contributed by atoms with E-state index in [-0.39, 0.29) is 23.9 Å². The molecule has 132 valence electrons. The summed E-state index contributed by atoms with van der Waals surface area (Å²) in [4.78, 5) is 12.8. The number of amides is 1. The Morgan fingerprint density at radius 2 is 2.04 bits per heavy atom. The van der Waals surface area contributed by atoms with Crippen molar-refractivity contribution in [1.29, 1.82) is 0 Å². The number of benzene rings is 2. The van der Waals surface area contributed by atoms with Crippen LogP contribution in [-0.2, 0) is 4.79 Å². The fourth-order valence-corrected chi connectivity index (χ4v) is 3.16. The Labute approximate surface area is 148 Å². The Morgan fingerprint density at radius 1 is 1.24 bits per heavy atom. The topological polar surface area (TPSA) is 62.4 Å². The third-order valence-electron chi connectivity index (χ3n) is 4.51. The highest BCUT2D eigenvalue weighted by molar-refractivity contribution is 5.80. The molecule has 1 aliphatic rings. The Morgan fingerprint density at radius 3 is 2.80 bits per heavy atom. The van der Waals surface area contributed by atoms with Gasteiger partial charge >= 0.3 is 0 Å². The molecule has 25 heavy (non-hydrogen) atoms. The standard InChI is InChI=1S/C20H25N3O2/c1-3-25-17-11-7-10-16(12-17)14(2)22-20(24)18-13-21-23-19(18)15-8-5-4-6-9-15/h4-12,14,18-19,21,23H,3,13H2,1-2H3,(H,22,24). The Balaban J connectivity index is 1.67. The summed E-state index contributed by atoms with van der Waals surface area (Å²) in [5.74, 6) is 0.716. The van der Waals surface area contributed by atoms with Gasteiger partial charge in [0.2, 0.25) is 5.91 Å². The van der Waals surface area contributed by atoms with Crippen molar-refractivity contribution in [2.24, 2.45) is 5.92 Å². The van der Waals surface area contributed by atoms with Gasteiger partial charge in [-0.15, -0.1) is 0 Å². The molecule has 2 aromatic rings. The van der Waals surface area contributed by atoms with Gasteiger partial charge in [0, 0.05) is 6.54 Å². The molecule has 1 fully saturated rings. The minimum Gasteiger partial charge on any atom is -0.494 e. The molecular formula is C20H25N3O2. The van der Waals surface area contributed by atoms with Crippen LogP contribution in [0.4, 0.5) is 0 Å². The van der Waals surface area contributed by atoms with Crippen molar-refractivity contribution in [1.82, 2.24) is 16.2 Å². The predicted octanol–water partition coefficient (Wildman–Crippen LogP) is 2.73. The number of carbonyl (C=O) groups excluding carboxylic acids is 1. The molecule has 3 atom stereocenters. The molecule has 0 aliphatic carbocycles. The molecule has 1 heterocycles. The minimum absolute atomic E-state index is 0.0249. The molecule has 3 unspecified atom stereocenters. The van der Waals surface area contributed by atoms with Crippen LogP contribution in [-0.4, -0.2) is 19.1 Å². The maximum atomic E-state index is 12.8. The van der Waals surface area contributed by atoms with Gasteiger partial charge in [-0.25, -0.2) is 5.43 Å². The lowest BCUT2D eigenvalue weighted by atomic mass is 9.93. The molecule has 0 aromatic heterocycles. The van der Waals surface area contributed by atoms with Gasteiger partial charge in [0.1, 0.15) is 5.75 Å². The van der Waals surface area contributed by atoms with E-state index in [1.54, 1.807) is 0 Å². The van der Waals surface area contributed by atoms with Crippen LogP contribution in [0.3, 0.4) is 0 Å². The second kappa shape index (κ2) is 8.14. The lowest BCUT2D eigenvalue weighted by Crippen LogP contribution is -2.36. The number of hydrogen-bond donors (Lipinski definition) is 3. The summed E-state index contributed by atoms with van der Waals surface area (Å²) in [5, 5.41) is 3.13. The third kappa shape index (κ3) is 4.18. The van der Waals surface area contributed by atoms with Gasteiger partial charge in [-0.2, -0.15) is 0 Å². The van der Waals surface area contributed by atoms with Crippen molar-refractivity contribution in [3.05, 3.63) is 65.7 Å². The van der Waals surface area contributed by atoms with Crippen LogP contribution in [0, 0.1) is 5.92 Å². The molecular weight excluding hydrogens is 314 g/mol. The molecule has 3 N–H and O–H groups in total. The molecule has 0 bridgehead atoms. The number of ether oxygens (including phenoxy) is 1. The quantitative estimate of drug-likeness (QED) is 0.757. The maximum absolute atomic E-state index is 12.8. The summed E-state index contributed by atoms with van der Waals surface area (Å²) < 4.78 is 5.54. The van der Waals surface area contributed by atoms with E-state index >= 15 is 0 Å². The molecule has 1 amide bonds. The summed E-state index contributed by atoms with van der Waals surface area (Å²) in [5.41, 5.74) is 8.47. The molecule has 2 aromatic carbocycles. The van der Waals surface area contributed by atoms with E-state index in [4.69, 9.17) is 4.74 Å². The normalized spacial score (nSPS) is 20.9. The second-order valence-electron chi connectivity index (χ2n) is 6.26. The largest absolute Gasteiger partial charge is 0.494 e. The van der Waals surface area contributed by atoms with Crippen LogP contribution in [0.15, 0.2) is 54.6 Å². The van der Waals surface area contributed by atoms with Crippen LogP contribution in [0.5, 0.6) is 5.75 Å². The SMILES string of the molecule is CCOc1cccc(C(C)NC(=O)C2CNNC2c2ccccc2)c1. The zero-order chi connectivity index (χ0) is 17.6. The highest BCUT2D eigenvalue weighted by Gasteiger charge is 2.34. The van der Waals surface area contributed by atoms with Crippen molar-refractivity contribution >= 4 is 5.91 Å². The van der Waals surface area contributed by atoms with Crippen molar-refractivity contribution < 1.29 is 9.53 Å². The Kier molecular flexibility index (Phi) is 5.68. The first-order valence-electron chi connectivity index (χ1n) is 8.75. The van der Waals surface area contributed by atoms with Crippen molar-refractivity contribution in [3.63, 3.8) is 0 Å². The van der Waals surface area contributed by atoms with Crippen LogP contribution in [0.2, 0.25) is 0 Å². The van der Waals surface area contributed by atoms with Gasteiger partial charge < -0.3 is 10.1 Å². The summed E-state index contributed by atoms with van der Waals surface area (Å²) in [7, 11) is 0. The van der Waals surface area contributed by atoms with E-state index in [1.165, 1.54) is 0 Å². The molecule has 3 rings (SSSR count). The minimum atomic E-state index is -0.153. The van der Waals surface area contributed by atoms with Crippen LogP contribution in [0.25, 0.3) is 0 Å².